The predicted molar refractivity (Wildman–Crippen MR) is 250 cm³/mol. The molecule has 4 saturated carbocycles. The molecule has 7 unspecified atom stereocenters. The lowest BCUT2D eigenvalue weighted by atomic mass is 9.33. The Hall–Kier alpha value is -1.51. The van der Waals surface area contributed by atoms with Crippen LogP contribution in [0.15, 0.2) is 11.6 Å². The lowest BCUT2D eigenvalue weighted by Crippen LogP contribution is -2.66. The Bertz CT molecular complexity index is 1990. The minimum Gasteiger partial charge on any atom is -0.481 e. The molecule has 9 aliphatic rings. The number of carbonyl (C=O) groups is 1. The Balaban J connectivity index is 0.874. The van der Waals surface area contributed by atoms with Crippen LogP contribution in [0.4, 0.5) is 0 Å². The number of aliphatic hydroxyl groups excluding tert-OH is 10. The minimum atomic E-state index is -1.86. The summed E-state index contributed by atoms with van der Waals surface area (Å²) in [5, 5.41) is 119. The summed E-state index contributed by atoms with van der Waals surface area (Å²) in [7, 11) is 0. The van der Waals surface area contributed by atoms with Gasteiger partial charge in [-0.1, -0.05) is 60.1 Å². The molecule has 20 nitrogen and oxygen atoms in total. The molecule has 4 saturated heterocycles. The quantitative estimate of drug-likeness (QED) is 0.107. The summed E-state index contributed by atoms with van der Waals surface area (Å²) >= 11 is 0. The van der Waals surface area contributed by atoms with Gasteiger partial charge in [0, 0.05) is 0 Å². The lowest BCUT2D eigenvalue weighted by molar-refractivity contribution is -0.382. The fourth-order valence-corrected chi connectivity index (χ4v) is 16.0. The van der Waals surface area contributed by atoms with Crippen molar-refractivity contribution in [1.82, 2.24) is 0 Å². The van der Waals surface area contributed by atoms with Crippen molar-refractivity contribution in [3.05, 3.63) is 11.6 Å². The molecular weight excluding hydrogens is 945 g/mol. The maximum absolute atomic E-state index is 13.2. The number of allylic oxidation sites excluding steroid dienone is 2. The molecule has 5 aliphatic carbocycles. The SMILES string of the molecule is C[C@@H]1O[C@@H](O[C@H]2[C@H](OC3CCC4(C)C(CCC5(C)C4CC=C4C6CC(C)(C)CCC6(C(=O)O)CC[C@]45C)C3(C)C)OC[C@@H](O)[C@@H]2O)[C@H](O)[C@H](O[C@H]2OC[C@@H](O[C@@H]3O[C@H](CO)[C@@H](O)[C@H](O)[C@H]3O)[C@H](O)[C@H]2O)[C@@H]1O. The summed E-state index contributed by atoms with van der Waals surface area (Å²) in [6.07, 6.45) is -17.4. The molecule has 0 aromatic carbocycles. The van der Waals surface area contributed by atoms with Crippen molar-refractivity contribution in [3.63, 3.8) is 0 Å². The predicted octanol–water partition coefficient (Wildman–Crippen LogP) is 0.836. The molecule has 0 spiro atoms. The summed E-state index contributed by atoms with van der Waals surface area (Å²) in [5.74, 6) is -0.0524. The van der Waals surface area contributed by atoms with Crippen molar-refractivity contribution in [1.29, 1.82) is 0 Å². The Labute approximate surface area is 421 Å². The highest BCUT2D eigenvalue weighted by molar-refractivity contribution is 5.76. The van der Waals surface area contributed by atoms with Gasteiger partial charge in [-0.15, -0.1) is 0 Å². The number of hydrogen-bond acceptors (Lipinski definition) is 19. The Morgan fingerprint density at radius 3 is 1.99 bits per heavy atom. The van der Waals surface area contributed by atoms with E-state index >= 15 is 0 Å². The van der Waals surface area contributed by atoms with Gasteiger partial charge in [0.2, 0.25) is 0 Å². The second kappa shape index (κ2) is 19.7. The smallest absolute Gasteiger partial charge is 0.310 e. The first-order valence-corrected chi connectivity index (χ1v) is 26.5. The molecule has 11 N–H and O–H groups in total. The first-order valence-electron chi connectivity index (χ1n) is 26.5. The van der Waals surface area contributed by atoms with Crippen LogP contribution in [0.5, 0.6) is 0 Å². The van der Waals surface area contributed by atoms with Crippen molar-refractivity contribution >= 4 is 5.97 Å². The fourth-order valence-electron chi connectivity index (χ4n) is 16.0. The van der Waals surface area contributed by atoms with Crippen molar-refractivity contribution in [2.75, 3.05) is 19.8 Å². The van der Waals surface area contributed by atoms with Gasteiger partial charge in [-0.25, -0.2) is 0 Å². The van der Waals surface area contributed by atoms with Crippen LogP contribution < -0.4 is 0 Å². The third-order valence-corrected chi connectivity index (χ3v) is 20.7. The van der Waals surface area contributed by atoms with E-state index in [9.17, 15) is 61.0 Å². The average molecular weight is 1030 g/mol. The number of fused-ring (bicyclic) bond motifs is 7. The molecule has 0 aromatic rings. The first kappa shape index (κ1) is 55.3. The molecule has 20 heteroatoms. The van der Waals surface area contributed by atoms with Crippen LogP contribution in [-0.4, -0.2) is 199 Å². The molecule has 412 valence electrons. The number of carboxylic acid groups (broad SMARTS) is 1. The number of carboxylic acids is 1. The topological polar surface area (TPSA) is 313 Å². The van der Waals surface area contributed by atoms with Gasteiger partial charge in [-0.05, 0) is 116 Å². The van der Waals surface area contributed by atoms with Crippen LogP contribution in [0.2, 0.25) is 0 Å². The highest BCUT2D eigenvalue weighted by atomic mass is 16.8. The third-order valence-electron chi connectivity index (χ3n) is 20.7. The van der Waals surface area contributed by atoms with E-state index in [1.165, 1.54) is 12.5 Å². The van der Waals surface area contributed by atoms with Gasteiger partial charge >= 0.3 is 5.97 Å². The van der Waals surface area contributed by atoms with Gasteiger partial charge in [-0.2, -0.15) is 0 Å². The first-order chi connectivity index (χ1) is 33.7. The van der Waals surface area contributed by atoms with Crippen LogP contribution in [-0.2, 0) is 42.7 Å². The number of aliphatic hydroxyl groups is 10. The van der Waals surface area contributed by atoms with Crippen LogP contribution in [0.3, 0.4) is 0 Å². The van der Waals surface area contributed by atoms with Crippen LogP contribution in [0.1, 0.15) is 120 Å². The molecule has 0 aromatic heterocycles. The second-order valence-corrected chi connectivity index (χ2v) is 25.4. The molecular formula is C52H84O20. The van der Waals surface area contributed by atoms with E-state index in [-0.39, 0.29) is 46.2 Å². The number of rotatable bonds is 10. The van der Waals surface area contributed by atoms with Crippen molar-refractivity contribution in [2.45, 2.75) is 236 Å². The van der Waals surface area contributed by atoms with Gasteiger partial charge in [-0.3, -0.25) is 4.79 Å². The van der Waals surface area contributed by atoms with Crippen LogP contribution in [0.25, 0.3) is 0 Å². The van der Waals surface area contributed by atoms with E-state index in [0.717, 1.165) is 44.9 Å². The molecule has 0 bridgehead atoms. The number of hydrogen-bond donors (Lipinski definition) is 11. The van der Waals surface area contributed by atoms with Crippen LogP contribution >= 0.6 is 0 Å². The lowest BCUT2D eigenvalue weighted by Gasteiger charge is -2.71. The maximum Gasteiger partial charge on any atom is 0.310 e. The Morgan fingerprint density at radius 1 is 0.639 bits per heavy atom. The van der Waals surface area contributed by atoms with Crippen molar-refractivity contribution < 1.29 is 98.9 Å². The van der Waals surface area contributed by atoms with E-state index in [1.54, 1.807) is 0 Å². The van der Waals surface area contributed by atoms with E-state index in [1.807, 2.05) is 0 Å². The summed E-state index contributed by atoms with van der Waals surface area (Å²) in [6.45, 7) is 16.4. The highest BCUT2D eigenvalue weighted by Gasteiger charge is 2.70. The summed E-state index contributed by atoms with van der Waals surface area (Å²) in [4.78, 5) is 13.2. The molecule has 0 radical (unpaired) electrons. The van der Waals surface area contributed by atoms with E-state index in [4.69, 9.17) is 37.9 Å². The minimum absolute atomic E-state index is 0.0208. The molecule has 26 atom stereocenters. The van der Waals surface area contributed by atoms with E-state index in [2.05, 4.69) is 54.5 Å². The molecule has 9 rings (SSSR count). The van der Waals surface area contributed by atoms with Gasteiger partial charge in [0.15, 0.2) is 25.2 Å². The van der Waals surface area contributed by atoms with E-state index in [0.29, 0.717) is 25.2 Å². The third kappa shape index (κ3) is 8.87. The summed E-state index contributed by atoms with van der Waals surface area (Å²) < 4.78 is 47.8. The molecule has 4 heterocycles. The zero-order chi connectivity index (χ0) is 52.4. The Kier molecular flexibility index (Phi) is 15.2. The summed E-state index contributed by atoms with van der Waals surface area (Å²) in [5.41, 5.74) is 0.0683. The monoisotopic (exact) mass is 1030 g/mol. The molecule has 8 fully saturated rings. The summed E-state index contributed by atoms with van der Waals surface area (Å²) in [6, 6.07) is 0. The van der Waals surface area contributed by atoms with Gasteiger partial charge < -0.3 is 94.1 Å². The molecule has 4 aliphatic heterocycles. The zero-order valence-electron chi connectivity index (χ0n) is 43.1. The van der Waals surface area contributed by atoms with E-state index < -0.39 is 141 Å². The van der Waals surface area contributed by atoms with Gasteiger partial charge in [0.1, 0.15) is 79.4 Å². The zero-order valence-corrected chi connectivity index (χ0v) is 43.1. The number of ether oxygens (including phenoxy) is 8. The van der Waals surface area contributed by atoms with Gasteiger partial charge in [0.25, 0.3) is 0 Å². The maximum atomic E-state index is 13.2. The molecule has 72 heavy (non-hydrogen) atoms. The van der Waals surface area contributed by atoms with Gasteiger partial charge in [0.05, 0.1) is 37.4 Å². The average Bonchev–Trinajstić information content (AvgIpc) is 3.32. The van der Waals surface area contributed by atoms with Crippen molar-refractivity contribution in [2.24, 2.45) is 50.2 Å². The fraction of sp³-hybridized carbons (Fsp3) is 0.942. The standard InChI is InChI=1S/C52H84O20/c1-23-32(55)40(71-42-37(60)35(58)28(22-66-42)69-43-38(61)36(59)34(57)27(20-53)68-43)39(62)44(67-23)72-41-33(56)26(54)21-65-45(41)70-31-12-13-49(6)29(48(31,4)5)11-14-51(8)30(49)10-9-24-25-19-47(2,3)15-17-52(25,46(63)64)18-16-50(24,51)7/h9,23,25-45,53-62H,10-22H2,1-8H3,(H,63,64)/t23-,25?,26+,27+,28+,29?,30?,31?,32+,33-,34+,35-,36-,37+,38+,39+,40+,41+,42+,43-,44-,45-,49?,50+,51?,52?/m0/s1. The largest absolute Gasteiger partial charge is 0.481 e. The Morgan fingerprint density at radius 2 is 1.29 bits per heavy atom. The molecule has 0 amide bonds. The second-order valence-electron chi connectivity index (χ2n) is 25.4. The van der Waals surface area contributed by atoms with Crippen LogP contribution in [0, 0.1) is 50.2 Å². The normalized spacial score (nSPS) is 54.3. The van der Waals surface area contributed by atoms with Crippen molar-refractivity contribution in [3.8, 4) is 0 Å². The highest BCUT2D eigenvalue weighted by Crippen LogP contribution is 2.76. The number of aliphatic carboxylic acids is 1.